The van der Waals surface area contributed by atoms with Crippen LogP contribution >= 0.6 is 23.4 Å². The van der Waals surface area contributed by atoms with E-state index in [0.29, 0.717) is 15.8 Å². The van der Waals surface area contributed by atoms with Crippen LogP contribution in [0.25, 0.3) is 0 Å². The van der Waals surface area contributed by atoms with E-state index in [4.69, 9.17) is 22.6 Å². The Morgan fingerprint density at radius 2 is 2.31 bits per heavy atom. The summed E-state index contributed by atoms with van der Waals surface area (Å²) in [7, 11) is 0. The van der Waals surface area contributed by atoms with Crippen molar-refractivity contribution in [2.75, 3.05) is 6.54 Å². The highest BCUT2D eigenvalue weighted by Gasteiger charge is 2.05. The van der Waals surface area contributed by atoms with Crippen LogP contribution in [0.4, 0.5) is 0 Å². The highest BCUT2D eigenvalue weighted by molar-refractivity contribution is 7.99. The first-order chi connectivity index (χ1) is 7.67. The number of hydrogen-bond acceptors (Lipinski definition) is 3. The van der Waals surface area contributed by atoms with Gasteiger partial charge in [0.1, 0.15) is 0 Å². The van der Waals surface area contributed by atoms with Gasteiger partial charge in [0.15, 0.2) is 0 Å². The van der Waals surface area contributed by atoms with E-state index in [9.17, 15) is 0 Å². The lowest BCUT2D eigenvalue weighted by Gasteiger charge is -2.10. The van der Waals surface area contributed by atoms with Gasteiger partial charge in [0.05, 0.1) is 11.6 Å². The van der Waals surface area contributed by atoms with Gasteiger partial charge in [0.25, 0.3) is 0 Å². The second-order valence-electron chi connectivity index (χ2n) is 3.62. The van der Waals surface area contributed by atoms with Crippen molar-refractivity contribution in [1.29, 1.82) is 5.26 Å². The Morgan fingerprint density at radius 1 is 1.56 bits per heavy atom. The summed E-state index contributed by atoms with van der Waals surface area (Å²) >= 11 is 7.91. The van der Waals surface area contributed by atoms with Crippen LogP contribution in [0.1, 0.15) is 24.5 Å². The predicted octanol–water partition coefficient (Wildman–Crippen LogP) is 3.18. The lowest BCUT2D eigenvalue weighted by atomic mass is 10.2. The number of benzene rings is 1. The first-order valence-electron chi connectivity index (χ1n) is 5.17. The molecular weight excluding hydrogens is 240 g/mol. The first-order valence-corrected chi connectivity index (χ1v) is 6.60. The average molecular weight is 255 g/mol. The molecule has 86 valence electrons. The van der Waals surface area contributed by atoms with Gasteiger partial charge in [-0.1, -0.05) is 24.6 Å². The second kappa shape index (κ2) is 6.80. The third-order valence-electron chi connectivity index (χ3n) is 2.28. The molecule has 1 atom stereocenters. The quantitative estimate of drug-likeness (QED) is 0.878. The molecule has 1 aromatic carbocycles. The number of nitrogens with two attached hydrogens (primary N) is 1. The van der Waals surface area contributed by atoms with E-state index >= 15 is 0 Å². The minimum Gasteiger partial charge on any atom is -0.330 e. The minimum atomic E-state index is 0.539. The van der Waals surface area contributed by atoms with Crippen LogP contribution in [0.15, 0.2) is 18.2 Å². The van der Waals surface area contributed by atoms with Crippen molar-refractivity contribution in [3.63, 3.8) is 0 Å². The molecule has 1 rings (SSSR count). The lowest BCUT2D eigenvalue weighted by Crippen LogP contribution is -2.07. The van der Waals surface area contributed by atoms with Gasteiger partial charge in [0.2, 0.25) is 0 Å². The van der Waals surface area contributed by atoms with E-state index < -0.39 is 0 Å². The molecule has 0 aliphatic rings. The van der Waals surface area contributed by atoms with Crippen LogP contribution in [0.2, 0.25) is 5.02 Å². The third-order valence-corrected chi connectivity index (χ3v) is 3.91. The van der Waals surface area contributed by atoms with Gasteiger partial charge >= 0.3 is 0 Å². The Balaban J connectivity index is 2.58. The number of nitrogens with zero attached hydrogens (tertiary/aromatic N) is 1. The van der Waals surface area contributed by atoms with Gasteiger partial charge < -0.3 is 5.73 Å². The maximum absolute atomic E-state index is 8.71. The fourth-order valence-electron chi connectivity index (χ4n) is 1.28. The Kier molecular flexibility index (Phi) is 5.68. The van der Waals surface area contributed by atoms with Crippen LogP contribution in [-0.4, -0.2) is 11.8 Å². The van der Waals surface area contributed by atoms with E-state index in [0.717, 1.165) is 24.3 Å². The van der Waals surface area contributed by atoms with Crippen LogP contribution in [0, 0.1) is 11.3 Å². The van der Waals surface area contributed by atoms with Crippen molar-refractivity contribution < 1.29 is 0 Å². The summed E-state index contributed by atoms with van der Waals surface area (Å²) in [5.41, 5.74) is 7.17. The molecule has 0 radical (unpaired) electrons. The highest BCUT2D eigenvalue weighted by Crippen LogP contribution is 2.25. The van der Waals surface area contributed by atoms with E-state index in [-0.39, 0.29) is 0 Å². The number of rotatable bonds is 5. The molecule has 0 fully saturated rings. The molecule has 0 bridgehead atoms. The van der Waals surface area contributed by atoms with E-state index in [1.165, 1.54) is 0 Å². The number of nitriles is 1. The smallest absolute Gasteiger partial charge is 0.0992 e. The lowest BCUT2D eigenvalue weighted by molar-refractivity contribution is 0.823. The standard InChI is InChI=1S/C12H15ClN2S/c1-9(4-5-14)16-8-11-3-2-10(7-15)6-12(11)13/h2-3,6,9H,4-5,8,14H2,1H3. The molecule has 2 nitrogen and oxygen atoms in total. The molecule has 2 N–H and O–H groups in total. The van der Waals surface area contributed by atoms with Gasteiger partial charge in [-0.25, -0.2) is 0 Å². The maximum Gasteiger partial charge on any atom is 0.0992 e. The zero-order valence-electron chi connectivity index (χ0n) is 9.24. The molecule has 0 spiro atoms. The van der Waals surface area contributed by atoms with Crippen molar-refractivity contribution in [3.8, 4) is 6.07 Å². The molecule has 0 saturated carbocycles. The third kappa shape index (κ3) is 4.05. The molecule has 0 aromatic heterocycles. The minimum absolute atomic E-state index is 0.539. The molecule has 0 amide bonds. The summed E-state index contributed by atoms with van der Waals surface area (Å²) in [4.78, 5) is 0. The summed E-state index contributed by atoms with van der Waals surface area (Å²) in [6.07, 6.45) is 1.01. The molecule has 0 aliphatic heterocycles. The normalized spacial score (nSPS) is 12.1. The monoisotopic (exact) mass is 254 g/mol. The van der Waals surface area contributed by atoms with Crippen molar-refractivity contribution in [2.45, 2.75) is 24.3 Å². The molecular formula is C12H15ClN2S. The summed E-state index contributed by atoms with van der Waals surface area (Å²) in [6.45, 7) is 2.88. The van der Waals surface area contributed by atoms with E-state index in [1.54, 1.807) is 12.1 Å². The zero-order valence-corrected chi connectivity index (χ0v) is 10.8. The second-order valence-corrected chi connectivity index (χ2v) is 5.45. The summed E-state index contributed by atoms with van der Waals surface area (Å²) < 4.78 is 0. The Hall–Kier alpha value is -0.690. The molecule has 1 aromatic rings. The van der Waals surface area contributed by atoms with Gasteiger partial charge in [-0.2, -0.15) is 17.0 Å². The van der Waals surface area contributed by atoms with E-state index in [2.05, 4.69) is 13.0 Å². The molecule has 0 aliphatic carbocycles. The van der Waals surface area contributed by atoms with Crippen LogP contribution in [0.5, 0.6) is 0 Å². The first kappa shape index (κ1) is 13.4. The molecule has 16 heavy (non-hydrogen) atoms. The highest BCUT2D eigenvalue weighted by atomic mass is 35.5. The summed E-state index contributed by atoms with van der Waals surface area (Å²) in [6, 6.07) is 7.51. The summed E-state index contributed by atoms with van der Waals surface area (Å²) in [5.74, 6) is 0.867. The number of halogens is 1. The zero-order chi connectivity index (χ0) is 12.0. The molecule has 0 saturated heterocycles. The Labute approximate surface area is 106 Å². The van der Waals surface area contributed by atoms with E-state index in [1.807, 2.05) is 17.8 Å². The van der Waals surface area contributed by atoms with Gasteiger partial charge in [-0.05, 0) is 30.7 Å². The van der Waals surface area contributed by atoms with Crippen LogP contribution in [-0.2, 0) is 5.75 Å². The molecule has 4 heteroatoms. The fourth-order valence-corrected chi connectivity index (χ4v) is 2.63. The van der Waals surface area contributed by atoms with Gasteiger partial charge in [-0.15, -0.1) is 0 Å². The largest absolute Gasteiger partial charge is 0.330 e. The van der Waals surface area contributed by atoms with Crippen LogP contribution < -0.4 is 5.73 Å². The van der Waals surface area contributed by atoms with Crippen LogP contribution in [0.3, 0.4) is 0 Å². The Morgan fingerprint density at radius 3 is 2.88 bits per heavy atom. The summed E-state index contributed by atoms with van der Waals surface area (Å²) in [5, 5.41) is 9.92. The number of thioether (sulfide) groups is 1. The fraction of sp³-hybridized carbons (Fsp3) is 0.417. The topological polar surface area (TPSA) is 49.8 Å². The van der Waals surface area contributed by atoms with Crippen molar-refractivity contribution in [2.24, 2.45) is 5.73 Å². The predicted molar refractivity (Wildman–Crippen MR) is 70.6 cm³/mol. The number of hydrogen-bond donors (Lipinski definition) is 1. The Bertz CT molecular complexity index is 387. The molecule has 0 heterocycles. The van der Waals surface area contributed by atoms with Crippen molar-refractivity contribution >= 4 is 23.4 Å². The van der Waals surface area contributed by atoms with Crippen molar-refractivity contribution in [3.05, 3.63) is 34.3 Å². The SMILES string of the molecule is CC(CCN)SCc1ccc(C#N)cc1Cl. The van der Waals surface area contributed by atoms with Crippen molar-refractivity contribution in [1.82, 2.24) is 0 Å². The maximum atomic E-state index is 8.71. The van der Waals surface area contributed by atoms with Gasteiger partial charge in [0, 0.05) is 16.0 Å². The average Bonchev–Trinajstić information content (AvgIpc) is 2.27. The van der Waals surface area contributed by atoms with Gasteiger partial charge in [-0.3, -0.25) is 0 Å². The molecule has 1 unspecified atom stereocenters.